The molecule has 0 unspecified atom stereocenters. The number of ether oxygens (including phenoxy) is 2. The van der Waals surface area contributed by atoms with Crippen molar-refractivity contribution in [2.75, 3.05) is 40.4 Å². The molecule has 6 nitrogen and oxygen atoms in total. The van der Waals surface area contributed by atoms with Crippen LogP contribution in [0.1, 0.15) is 23.2 Å². The van der Waals surface area contributed by atoms with Gasteiger partial charge < -0.3 is 9.47 Å². The summed E-state index contributed by atoms with van der Waals surface area (Å²) in [7, 11) is 3.26. The minimum absolute atomic E-state index is 0.297. The van der Waals surface area contributed by atoms with Crippen molar-refractivity contribution in [3.63, 3.8) is 0 Å². The second kappa shape index (κ2) is 9.23. The van der Waals surface area contributed by atoms with E-state index < -0.39 is 0 Å². The molecule has 2 aromatic carbocycles. The van der Waals surface area contributed by atoms with Crippen LogP contribution in [0.2, 0.25) is 0 Å². The highest BCUT2D eigenvalue weighted by Crippen LogP contribution is 2.27. The lowest BCUT2D eigenvalue weighted by atomic mass is 10.0. The summed E-state index contributed by atoms with van der Waals surface area (Å²) in [5.74, 6) is 1.56. The van der Waals surface area contributed by atoms with Gasteiger partial charge in [-0.05, 0) is 35.4 Å². The smallest absolute Gasteiger partial charge is 0.123 e. The predicted molar refractivity (Wildman–Crippen MR) is 106 cm³/mol. The van der Waals surface area contributed by atoms with E-state index in [-0.39, 0.29) is 12.1 Å². The van der Waals surface area contributed by atoms with E-state index in [0.717, 1.165) is 48.8 Å². The van der Waals surface area contributed by atoms with Gasteiger partial charge in [-0.1, -0.05) is 24.3 Å². The number of methoxy groups -OCH3 is 2. The Hall–Kier alpha value is -3.06. The first-order valence-electron chi connectivity index (χ1n) is 9.25. The number of piperazine rings is 1. The molecule has 28 heavy (non-hydrogen) atoms. The Morgan fingerprint density at radius 1 is 0.679 bits per heavy atom. The molecule has 1 aliphatic rings. The Morgan fingerprint density at radius 2 is 1.00 bits per heavy atom. The van der Waals surface area contributed by atoms with E-state index in [1.165, 1.54) is 0 Å². The van der Waals surface area contributed by atoms with Crippen molar-refractivity contribution in [2.45, 2.75) is 12.1 Å². The first-order chi connectivity index (χ1) is 13.7. The maximum Gasteiger partial charge on any atom is 0.123 e. The largest absolute Gasteiger partial charge is 0.497 e. The van der Waals surface area contributed by atoms with Gasteiger partial charge in [0.05, 0.1) is 26.4 Å². The Balaban J connectivity index is 1.66. The van der Waals surface area contributed by atoms with Crippen LogP contribution in [-0.4, -0.2) is 50.2 Å². The molecule has 2 aromatic rings. The highest BCUT2D eigenvalue weighted by molar-refractivity contribution is 5.33. The van der Waals surface area contributed by atoms with Gasteiger partial charge in [0.15, 0.2) is 0 Å². The fraction of sp³-hybridized carbons (Fsp3) is 0.364. The van der Waals surface area contributed by atoms with Gasteiger partial charge in [0, 0.05) is 26.2 Å². The van der Waals surface area contributed by atoms with E-state index in [1.54, 1.807) is 14.2 Å². The Bertz CT molecular complexity index is 771. The molecule has 2 atom stereocenters. The van der Waals surface area contributed by atoms with Gasteiger partial charge in [0.25, 0.3) is 0 Å². The Kier molecular flexibility index (Phi) is 6.49. The van der Waals surface area contributed by atoms with Gasteiger partial charge in [-0.3, -0.25) is 9.80 Å². The van der Waals surface area contributed by atoms with Crippen molar-refractivity contribution in [2.24, 2.45) is 0 Å². The Labute approximate surface area is 166 Å². The average Bonchev–Trinajstić information content (AvgIpc) is 2.77. The third kappa shape index (κ3) is 4.26. The maximum absolute atomic E-state index is 9.71. The van der Waals surface area contributed by atoms with E-state index in [9.17, 15) is 10.5 Å². The lowest BCUT2D eigenvalue weighted by Gasteiger charge is -2.38. The molecule has 0 radical (unpaired) electrons. The van der Waals surface area contributed by atoms with Crippen molar-refractivity contribution in [1.82, 2.24) is 9.80 Å². The minimum Gasteiger partial charge on any atom is -0.497 e. The summed E-state index contributed by atoms with van der Waals surface area (Å²) in [5.41, 5.74) is 1.92. The lowest BCUT2D eigenvalue weighted by molar-refractivity contribution is 0.0979. The van der Waals surface area contributed by atoms with E-state index >= 15 is 0 Å². The van der Waals surface area contributed by atoms with Crippen molar-refractivity contribution >= 4 is 0 Å². The number of hydrogen-bond donors (Lipinski definition) is 0. The van der Waals surface area contributed by atoms with Gasteiger partial charge >= 0.3 is 0 Å². The Morgan fingerprint density at radius 3 is 1.25 bits per heavy atom. The van der Waals surface area contributed by atoms with Gasteiger partial charge in [-0.25, -0.2) is 0 Å². The molecule has 6 heteroatoms. The molecule has 1 aliphatic heterocycles. The third-order valence-electron chi connectivity index (χ3n) is 5.19. The predicted octanol–water partition coefficient (Wildman–Crippen LogP) is 3.15. The summed E-state index contributed by atoms with van der Waals surface area (Å²) in [6.45, 7) is 2.94. The molecule has 0 aliphatic carbocycles. The highest BCUT2D eigenvalue weighted by Gasteiger charge is 2.29. The van der Waals surface area contributed by atoms with Crippen LogP contribution in [0.5, 0.6) is 11.5 Å². The average molecular weight is 376 g/mol. The molecule has 1 fully saturated rings. The van der Waals surface area contributed by atoms with Crippen LogP contribution in [0.4, 0.5) is 0 Å². The summed E-state index contributed by atoms with van der Waals surface area (Å²) in [4.78, 5) is 4.33. The summed E-state index contributed by atoms with van der Waals surface area (Å²) in [5, 5.41) is 19.4. The molecule has 1 heterocycles. The second-order valence-corrected chi connectivity index (χ2v) is 6.68. The topological polar surface area (TPSA) is 72.5 Å². The lowest BCUT2D eigenvalue weighted by Crippen LogP contribution is -2.48. The summed E-state index contributed by atoms with van der Waals surface area (Å²) in [6.07, 6.45) is 0. The minimum atomic E-state index is -0.297. The van der Waals surface area contributed by atoms with Crippen LogP contribution >= 0.6 is 0 Å². The van der Waals surface area contributed by atoms with Crippen LogP contribution in [0.3, 0.4) is 0 Å². The number of hydrogen-bond acceptors (Lipinski definition) is 6. The molecule has 0 amide bonds. The molecule has 0 saturated carbocycles. The number of nitrogens with zero attached hydrogens (tertiary/aromatic N) is 4. The molecular formula is C22H24N4O2. The van der Waals surface area contributed by atoms with Crippen LogP contribution in [0.15, 0.2) is 48.5 Å². The standard InChI is InChI=1S/C22H24N4O2/c1-27-19-7-3-17(4-8-19)21(15-23)25-11-13-26(14-12-25)22(16-24)18-5-9-20(28-2)10-6-18/h3-10,21-22H,11-14H2,1-2H3/t21-,22-/m0/s1. The van der Waals surface area contributed by atoms with Crippen molar-refractivity contribution < 1.29 is 9.47 Å². The number of nitriles is 2. The number of benzene rings is 2. The molecule has 0 spiro atoms. The van der Waals surface area contributed by atoms with Gasteiger partial charge in [-0.2, -0.15) is 10.5 Å². The van der Waals surface area contributed by atoms with Crippen LogP contribution < -0.4 is 9.47 Å². The first-order valence-corrected chi connectivity index (χ1v) is 9.25. The fourth-order valence-electron chi connectivity index (χ4n) is 3.56. The molecule has 144 valence electrons. The molecule has 0 bridgehead atoms. The SMILES string of the molecule is COc1ccc([C@H](C#N)N2CCN([C@@H](C#N)c3ccc(OC)cc3)CC2)cc1. The molecule has 1 saturated heterocycles. The maximum atomic E-state index is 9.71. The van der Waals surface area contributed by atoms with Gasteiger partial charge in [-0.15, -0.1) is 0 Å². The molecular weight excluding hydrogens is 352 g/mol. The van der Waals surface area contributed by atoms with E-state index in [2.05, 4.69) is 21.9 Å². The van der Waals surface area contributed by atoms with Gasteiger partial charge in [0.2, 0.25) is 0 Å². The van der Waals surface area contributed by atoms with Crippen LogP contribution in [-0.2, 0) is 0 Å². The highest BCUT2D eigenvalue weighted by atomic mass is 16.5. The van der Waals surface area contributed by atoms with Crippen molar-refractivity contribution in [3.8, 4) is 23.6 Å². The van der Waals surface area contributed by atoms with Crippen molar-refractivity contribution in [1.29, 1.82) is 10.5 Å². The molecule has 3 rings (SSSR count). The van der Waals surface area contributed by atoms with E-state index in [1.807, 2.05) is 48.5 Å². The molecule has 0 aromatic heterocycles. The van der Waals surface area contributed by atoms with Crippen LogP contribution in [0.25, 0.3) is 0 Å². The monoisotopic (exact) mass is 376 g/mol. The first kappa shape index (κ1) is 19.7. The van der Waals surface area contributed by atoms with Crippen LogP contribution in [0, 0.1) is 22.7 Å². The second-order valence-electron chi connectivity index (χ2n) is 6.68. The zero-order valence-corrected chi connectivity index (χ0v) is 16.2. The van der Waals surface area contributed by atoms with E-state index in [0.29, 0.717) is 0 Å². The fourth-order valence-corrected chi connectivity index (χ4v) is 3.56. The zero-order valence-electron chi connectivity index (χ0n) is 16.2. The van der Waals surface area contributed by atoms with Gasteiger partial charge in [0.1, 0.15) is 23.6 Å². The summed E-state index contributed by atoms with van der Waals surface area (Å²) >= 11 is 0. The number of rotatable bonds is 6. The summed E-state index contributed by atoms with van der Waals surface area (Å²) < 4.78 is 10.4. The molecule has 0 N–H and O–H groups in total. The van der Waals surface area contributed by atoms with E-state index in [4.69, 9.17) is 9.47 Å². The normalized spacial score (nSPS) is 17.1. The third-order valence-corrected chi connectivity index (χ3v) is 5.19. The summed E-state index contributed by atoms with van der Waals surface area (Å²) in [6, 6.07) is 19.5. The zero-order chi connectivity index (χ0) is 19.9. The quantitative estimate of drug-likeness (QED) is 0.771. The van der Waals surface area contributed by atoms with Crippen molar-refractivity contribution in [3.05, 3.63) is 59.7 Å².